The van der Waals surface area contributed by atoms with Gasteiger partial charge in [0.25, 0.3) is 0 Å². The monoisotopic (exact) mass is 438 g/mol. The third kappa shape index (κ3) is 6.07. The summed E-state index contributed by atoms with van der Waals surface area (Å²) >= 11 is 0. The van der Waals surface area contributed by atoms with Gasteiger partial charge in [0, 0.05) is 26.0 Å². The highest BCUT2D eigenvalue weighted by Crippen LogP contribution is 2.11. The van der Waals surface area contributed by atoms with Crippen molar-refractivity contribution in [2.24, 2.45) is 0 Å². The minimum Gasteiger partial charge on any atom is -0.467 e. The van der Waals surface area contributed by atoms with Gasteiger partial charge in [-0.1, -0.05) is 24.3 Å². The molecule has 0 aliphatic carbocycles. The van der Waals surface area contributed by atoms with Crippen LogP contribution >= 0.6 is 0 Å². The van der Waals surface area contributed by atoms with E-state index in [9.17, 15) is 18.8 Å². The van der Waals surface area contributed by atoms with Crippen LogP contribution in [0.1, 0.15) is 18.2 Å². The molecule has 0 bridgehead atoms. The van der Waals surface area contributed by atoms with Gasteiger partial charge in [0.2, 0.25) is 11.8 Å². The van der Waals surface area contributed by atoms with Crippen molar-refractivity contribution in [2.75, 3.05) is 7.11 Å². The average Bonchev–Trinajstić information content (AvgIpc) is 2.77. The Morgan fingerprint density at radius 2 is 1.75 bits per heavy atom. The number of ether oxygens (including phenoxy) is 1. The smallest absolute Gasteiger partial charge is 0.328 e. The highest BCUT2D eigenvalue weighted by molar-refractivity contribution is 5.90. The molecule has 0 saturated carbocycles. The summed E-state index contributed by atoms with van der Waals surface area (Å²) in [7, 11) is 1.21. The number of halogens is 1. The fourth-order valence-electron chi connectivity index (χ4n) is 3.27. The van der Waals surface area contributed by atoms with E-state index in [2.05, 4.69) is 20.6 Å². The van der Waals surface area contributed by atoms with Crippen molar-refractivity contribution < 1.29 is 23.5 Å². The predicted molar refractivity (Wildman–Crippen MR) is 115 cm³/mol. The molecule has 0 fully saturated rings. The summed E-state index contributed by atoms with van der Waals surface area (Å²) in [5.41, 5.74) is 2.37. The standard InChI is InChI=1S/C23H23FN4O4/c1-14(29)26-20(11-15-6-5-7-16(24)10-15)22(30)28-21(23(31)32-2)12-17-13-25-18-8-3-4-9-19(18)27-17/h3-10,13,20-21H,11-12H2,1-2H3,(H,26,29)(H,28,30)/t20-,21-/m1/s1. The molecule has 0 spiro atoms. The first-order chi connectivity index (χ1) is 15.4. The summed E-state index contributed by atoms with van der Waals surface area (Å²) in [6.07, 6.45) is 1.62. The van der Waals surface area contributed by atoms with Crippen LogP contribution in [0.4, 0.5) is 4.39 Å². The Morgan fingerprint density at radius 1 is 1.00 bits per heavy atom. The molecule has 0 saturated heterocycles. The van der Waals surface area contributed by atoms with Crippen LogP contribution in [-0.2, 0) is 32.0 Å². The lowest BCUT2D eigenvalue weighted by Gasteiger charge is -2.22. The van der Waals surface area contributed by atoms with E-state index in [-0.39, 0.29) is 12.8 Å². The Bertz CT molecular complexity index is 1140. The molecule has 2 amide bonds. The normalized spacial score (nSPS) is 12.6. The first-order valence-electron chi connectivity index (χ1n) is 9.96. The molecule has 2 atom stereocenters. The number of esters is 1. The second kappa shape index (κ2) is 10.4. The Balaban J connectivity index is 1.78. The Kier molecular flexibility index (Phi) is 7.43. The second-order valence-corrected chi connectivity index (χ2v) is 7.23. The molecule has 2 aromatic carbocycles. The maximum atomic E-state index is 13.5. The molecule has 0 aliphatic rings. The van der Waals surface area contributed by atoms with Gasteiger partial charge >= 0.3 is 5.97 Å². The minimum atomic E-state index is -1.05. The van der Waals surface area contributed by atoms with Crippen LogP contribution in [-0.4, -0.2) is 46.9 Å². The molecule has 0 unspecified atom stereocenters. The number of fused-ring (bicyclic) bond motifs is 1. The molecule has 1 heterocycles. The van der Waals surface area contributed by atoms with Gasteiger partial charge in [0.05, 0.1) is 23.8 Å². The van der Waals surface area contributed by atoms with Gasteiger partial charge in [-0.3, -0.25) is 14.6 Å². The maximum Gasteiger partial charge on any atom is 0.328 e. The lowest BCUT2D eigenvalue weighted by atomic mass is 10.0. The quantitative estimate of drug-likeness (QED) is 0.518. The average molecular weight is 438 g/mol. The van der Waals surface area contributed by atoms with Crippen molar-refractivity contribution in [1.29, 1.82) is 0 Å². The highest BCUT2D eigenvalue weighted by atomic mass is 19.1. The van der Waals surface area contributed by atoms with Crippen molar-refractivity contribution in [3.05, 3.63) is 71.8 Å². The van der Waals surface area contributed by atoms with Crippen molar-refractivity contribution >= 4 is 28.8 Å². The fourth-order valence-corrected chi connectivity index (χ4v) is 3.27. The third-order valence-electron chi connectivity index (χ3n) is 4.74. The van der Waals surface area contributed by atoms with Gasteiger partial charge in [-0.2, -0.15) is 0 Å². The molecule has 32 heavy (non-hydrogen) atoms. The van der Waals surface area contributed by atoms with Crippen LogP contribution in [0.5, 0.6) is 0 Å². The number of amides is 2. The number of carbonyl (C=O) groups excluding carboxylic acids is 3. The summed E-state index contributed by atoms with van der Waals surface area (Å²) in [5, 5.41) is 5.16. The molecule has 1 aromatic heterocycles. The minimum absolute atomic E-state index is 0.0446. The van der Waals surface area contributed by atoms with Crippen LogP contribution in [0, 0.1) is 5.82 Å². The number of aromatic nitrogens is 2. The maximum absolute atomic E-state index is 13.5. The number of para-hydroxylation sites is 2. The zero-order valence-corrected chi connectivity index (χ0v) is 17.7. The van der Waals surface area contributed by atoms with Crippen LogP contribution in [0.3, 0.4) is 0 Å². The summed E-state index contributed by atoms with van der Waals surface area (Å²) in [5.74, 6) is -2.15. The topological polar surface area (TPSA) is 110 Å². The zero-order valence-electron chi connectivity index (χ0n) is 17.7. The van der Waals surface area contributed by atoms with Gasteiger partial charge in [0.15, 0.2) is 0 Å². The van der Waals surface area contributed by atoms with Gasteiger partial charge in [-0.25, -0.2) is 14.2 Å². The van der Waals surface area contributed by atoms with Crippen molar-refractivity contribution in [2.45, 2.75) is 31.8 Å². The number of methoxy groups -OCH3 is 1. The molecule has 0 aliphatic heterocycles. The van der Waals surface area contributed by atoms with E-state index in [1.807, 2.05) is 18.2 Å². The van der Waals surface area contributed by atoms with E-state index in [1.54, 1.807) is 12.1 Å². The number of nitrogens with zero attached hydrogens (tertiary/aromatic N) is 2. The number of hydrogen-bond acceptors (Lipinski definition) is 6. The second-order valence-electron chi connectivity index (χ2n) is 7.23. The first-order valence-corrected chi connectivity index (χ1v) is 9.96. The van der Waals surface area contributed by atoms with Crippen LogP contribution < -0.4 is 10.6 Å². The third-order valence-corrected chi connectivity index (χ3v) is 4.74. The molecule has 9 heteroatoms. The lowest BCUT2D eigenvalue weighted by molar-refractivity contribution is -0.145. The number of nitrogens with one attached hydrogen (secondary N) is 2. The molecule has 0 radical (unpaired) electrons. The summed E-state index contributed by atoms with van der Waals surface area (Å²) < 4.78 is 18.4. The van der Waals surface area contributed by atoms with E-state index < -0.39 is 35.7 Å². The predicted octanol–water partition coefficient (Wildman–Crippen LogP) is 1.72. The van der Waals surface area contributed by atoms with Gasteiger partial charge in [-0.15, -0.1) is 0 Å². The number of benzene rings is 2. The molecular formula is C23H23FN4O4. The Hall–Kier alpha value is -3.88. The van der Waals surface area contributed by atoms with Crippen molar-refractivity contribution in [1.82, 2.24) is 20.6 Å². The van der Waals surface area contributed by atoms with Gasteiger partial charge in [0.1, 0.15) is 17.9 Å². The van der Waals surface area contributed by atoms with E-state index in [0.29, 0.717) is 22.3 Å². The molecule has 166 valence electrons. The fraction of sp³-hybridized carbons (Fsp3) is 0.261. The van der Waals surface area contributed by atoms with E-state index >= 15 is 0 Å². The molecule has 8 nitrogen and oxygen atoms in total. The van der Waals surface area contributed by atoms with E-state index in [0.717, 1.165) is 0 Å². The SMILES string of the molecule is COC(=O)[C@@H](Cc1cnc2ccccc2n1)NC(=O)[C@@H](Cc1cccc(F)c1)NC(C)=O. The van der Waals surface area contributed by atoms with Gasteiger partial charge in [-0.05, 0) is 29.8 Å². The number of rotatable bonds is 8. The highest BCUT2D eigenvalue weighted by Gasteiger charge is 2.28. The van der Waals surface area contributed by atoms with E-state index in [4.69, 9.17) is 4.74 Å². The van der Waals surface area contributed by atoms with Gasteiger partial charge < -0.3 is 15.4 Å². The Morgan fingerprint density at radius 3 is 2.44 bits per heavy atom. The molecule has 2 N–H and O–H groups in total. The summed E-state index contributed by atoms with van der Waals surface area (Å²) in [4.78, 5) is 45.7. The molecular weight excluding hydrogens is 415 g/mol. The van der Waals surface area contributed by atoms with Crippen LogP contribution in [0.2, 0.25) is 0 Å². The zero-order chi connectivity index (χ0) is 23.1. The van der Waals surface area contributed by atoms with Crippen molar-refractivity contribution in [3.8, 4) is 0 Å². The largest absolute Gasteiger partial charge is 0.467 e. The molecule has 3 aromatic rings. The van der Waals surface area contributed by atoms with Crippen LogP contribution in [0.25, 0.3) is 11.0 Å². The lowest BCUT2D eigenvalue weighted by Crippen LogP contribution is -2.53. The first kappa shape index (κ1) is 22.8. The summed E-state index contributed by atoms with van der Waals surface area (Å²) in [6, 6.07) is 10.9. The van der Waals surface area contributed by atoms with E-state index in [1.165, 1.54) is 38.4 Å². The molecule has 3 rings (SSSR count). The Labute approximate surface area is 184 Å². The number of hydrogen-bond donors (Lipinski definition) is 2. The van der Waals surface area contributed by atoms with Crippen molar-refractivity contribution in [3.63, 3.8) is 0 Å². The number of carbonyl (C=O) groups is 3. The van der Waals surface area contributed by atoms with Crippen LogP contribution in [0.15, 0.2) is 54.7 Å². The summed E-state index contributed by atoms with van der Waals surface area (Å²) in [6.45, 7) is 1.27.